The third-order valence-corrected chi connectivity index (χ3v) is 4.55. The summed E-state index contributed by atoms with van der Waals surface area (Å²) in [5.74, 6) is 0.317. The molecule has 1 unspecified atom stereocenters. The number of ether oxygens (including phenoxy) is 1. The lowest BCUT2D eigenvalue weighted by atomic mass is 10.0. The second-order valence-corrected chi connectivity index (χ2v) is 6.11. The predicted molar refractivity (Wildman–Crippen MR) is 86.9 cm³/mol. The van der Waals surface area contributed by atoms with Crippen LogP contribution in [-0.2, 0) is 11.2 Å². The van der Waals surface area contributed by atoms with Crippen LogP contribution in [0.3, 0.4) is 0 Å². The minimum Gasteiger partial charge on any atom is -0.383 e. The van der Waals surface area contributed by atoms with Crippen LogP contribution in [-0.4, -0.2) is 37.0 Å². The summed E-state index contributed by atoms with van der Waals surface area (Å²) in [6.07, 6.45) is 2.07. The van der Waals surface area contributed by atoms with Gasteiger partial charge in [-0.05, 0) is 18.5 Å². The van der Waals surface area contributed by atoms with Gasteiger partial charge in [0.1, 0.15) is 10.0 Å². The highest BCUT2D eigenvalue weighted by molar-refractivity contribution is 7.11. The number of benzene rings is 1. The third-order valence-electron chi connectivity index (χ3n) is 3.38. The van der Waals surface area contributed by atoms with Crippen molar-refractivity contribution in [2.24, 2.45) is 0 Å². The monoisotopic (exact) mass is 305 g/mol. The molecular weight excluding hydrogens is 282 g/mol. The van der Waals surface area contributed by atoms with Crippen molar-refractivity contribution in [2.75, 3.05) is 26.8 Å². The molecule has 0 aliphatic carbocycles. The molecule has 0 spiro atoms. The largest absolute Gasteiger partial charge is 0.383 e. The Hall–Kier alpha value is -1.30. The maximum Gasteiger partial charge on any atom is 0.124 e. The van der Waals surface area contributed by atoms with E-state index in [-0.39, 0.29) is 0 Å². The van der Waals surface area contributed by atoms with Crippen LogP contribution in [0.1, 0.15) is 34.8 Å². The van der Waals surface area contributed by atoms with Gasteiger partial charge >= 0.3 is 0 Å². The van der Waals surface area contributed by atoms with E-state index in [1.54, 1.807) is 18.4 Å². The van der Waals surface area contributed by atoms with Gasteiger partial charge in [-0.25, -0.2) is 0 Å². The lowest BCUT2D eigenvalue weighted by Crippen LogP contribution is -2.20. The van der Waals surface area contributed by atoms with Gasteiger partial charge in [-0.15, -0.1) is 21.5 Å². The van der Waals surface area contributed by atoms with Gasteiger partial charge in [0.15, 0.2) is 0 Å². The predicted octanol–water partition coefficient (Wildman–Crippen LogP) is 2.86. The molecular formula is C16H23N3OS. The van der Waals surface area contributed by atoms with Crippen LogP contribution < -0.4 is 5.32 Å². The van der Waals surface area contributed by atoms with E-state index in [2.05, 4.69) is 46.7 Å². The normalized spacial score (nSPS) is 12.5. The standard InChI is InChI=1S/C16H23N3OS/c1-13(14-7-4-3-5-8-14)16-19-18-15(21-16)9-6-10-17-11-12-20-2/h3-5,7-8,13,17H,6,9-12H2,1-2H3. The van der Waals surface area contributed by atoms with E-state index < -0.39 is 0 Å². The van der Waals surface area contributed by atoms with E-state index in [0.717, 1.165) is 42.6 Å². The first-order valence-electron chi connectivity index (χ1n) is 7.38. The van der Waals surface area contributed by atoms with Crippen molar-refractivity contribution in [1.29, 1.82) is 0 Å². The Morgan fingerprint density at radius 3 is 2.76 bits per heavy atom. The molecule has 0 radical (unpaired) electrons. The molecule has 21 heavy (non-hydrogen) atoms. The van der Waals surface area contributed by atoms with E-state index in [1.165, 1.54) is 5.56 Å². The van der Waals surface area contributed by atoms with Crippen molar-refractivity contribution in [1.82, 2.24) is 15.5 Å². The number of hydrogen-bond acceptors (Lipinski definition) is 5. The summed E-state index contributed by atoms with van der Waals surface area (Å²) in [4.78, 5) is 0. The second kappa shape index (κ2) is 8.87. The molecule has 4 nitrogen and oxygen atoms in total. The molecule has 2 rings (SSSR count). The topological polar surface area (TPSA) is 47.0 Å². The lowest BCUT2D eigenvalue weighted by Gasteiger charge is -2.06. The zero-order chi connectivity index (χ0) is 14.9. The van der Waals surface area contributed by atoms with E-state index in [9.17, 15) is 0 Å². The van der Waals surface area contributed by atoms with Crippen molar-refractivity contribution in [3.63, 3.8) is 0 Å². The molecule has 0 saturated heterocycles. The molecule has 1 aromatic heterocycles. The first kappa shape index (κ1) is 16.1. The van der Waals surface area contributed by atoms with Crippen LogP contribution in [0.15, 0.2) is 30.3 Å². The Morgan fingerprint density at radius 2 is 2.00 bits per heavy atom. The Bertz CT molecular complexity index is 515. The van der Waals surface area contributed by atoms with Gasteiger partial charge in [-0.1, -0.05) is 37.3 Å². The highest BCUT2D eigenvalue weighted by atomic mass is 32.1. The molecule has 0 amide bonds. The van der Waals surface area contributed by atoms with E-state index in [1.807, 2.05) is 6.07 Å². The summed E-state index contributed by atoms with van der Waals surface area (Å²) >= 11 is 1.73. The maximum atomic E-state index is 5.00. The summed E-state index contributed by atoms with van der Waals surface area (Å²) in [6, 6.07) is 10.5. The summed E-state index contributed by atoms with van der Waals surface area (Å²) < 4.78 is 5.00. The first-order chi connectivity index (χ1) is 10.3. The smallest absolute Gasteiger partial charge is 0.124 e. The van der Waals surface area contributed by atoms with Crippen molar-refractivity contribution < 1.29 is 4.74 Å². The molecule has 0 saturated carbocycles. The lowest BCUT2D eigenvalue weighted by molar-refractivity contribution is 0.199. The van der Waals surface area contributed by atoms with Gasteiger partial charge < -0.3 is 10.1 Å². The minimum absolute atomic E-state index is 0.317. The third kappa shape index (κ3) is 5.19. The SMILES string of the molecule is COCCNCCCc1nnc(C(C)c2ccccc2)s1. The Kier molecular flexibility index (Phi) is 6.79. The average molecular weight is 305 g/mol. The quantitative estimate of drug-likeness (QED) is 0.724. The molecule has 0 fully saturated rings. The molecule has 0 aliphatic rings. The highest BCUT2D eigenvalue weighted by Gasteiger charge is 2.13. The fourth-order valence-corrected chi connectivity index (χ4v) is 3.05. The minimum atomic E-state index is 0.317. The van der Waals surface area contributed by atoms with Crippen LogP contribution in [0.4, 0.5) is 0 Å². The van der Waals surface area contributed by atoms with Gasteiger partial charge in [0, 0.05) is 26.0 Å². The van der Waals surface area contributed by atoms with Crippen molar-refractivity contribution in [3.05, 3.63) is 45.9 Å². The average Bonchev–Trinajstić information content (AvgIpc) is 3.00. The summed E-state index contributed by atoms with van der Waals surface area (Å²) in [7, 11) is 1.72. The van der Waals surface area contributed by atoms with Crippen molar-refractivity contribution in [2.45, 2.75) is 25.7 Å². The van der Waals surface area contributed by atoms with Crippen LogP contribution in [0.25, 0.3) is 0 Å². The van der Waals surface area contributed by atoms with E-state index in [4.69, 9.17) is 4.74 Å². The van der Waals surface area contributed by atoms with Gasteiger partial charge in [-0.3, -0.25) is 0 Å². The molecule has 1 N–H and O–H groups in total. The molecule has 114 valence electrons. The molecule has 1 heterocycles. The summed E-state index contributed by atoms with van der Waals surface area (Å²) in [5, 5.41) is 14.2. The number of hydrogen-bond donors (Lipinski definition) is 1. The summed E-state index contributed by atoms with van der Waals surface area (Å²) in [5.41, 5.74) is 1.29. The van der Waals surface area contributed by atoms with Crippen molar-refractivity contribution >= 4 is 11.3 Å². The highest BCUT2D eigenvalue weighted by Crippen LogP contribution is 2.26. The Labute approximate surface area is 130 Å². The Morgan fingerprint density at radius 1 is 1.19 bits per heavy atom. The van der Waals surface area contributed by atoms with E-state index in [0.29, 0.717) is 5.92 Å². The van der Waals surface area contributed by atoms with Crippen LogP contribution in [0.5, 0.6) is 0 Å². The molecule has 2 aromatic rings. The number of nitrogens with one attached hydrogen (secondary N) is 1. The summed E-state index contributed by atoms with van der Waals surface area (Å²) in [6.45, 7) is 4.85. The molecule has 1 atom stereocenters. The number of aryl methyl sites for hydroxylation is 1. The van der Waals surface area contributed by atoms with Gasteiger partial charge in [-0.2, -0.15) is 0 Å². The Balaban J connectivity index is 1.79. The van der Waals surface area contributed by atoms with Crippen LogP contribution in [0, 0.1) is 0 Å². The maximum absolute atomic E-state index is 5.00. The van der Waals surface area contributed by atoms with Gasteiger partial charge in [0.25, 0.3) is 0 Å². The molecule has 5 heteroatoms. The molecule has 0 aliphatic heterocycles. The van der Waals surface area contributed by atoms with Gasteiger partial charge in [0.05, 0.1) is 6.61 Å². The second-order valence-electron chi connectivity index (χ2n) is 5.01. The fraction of sp³-hybridized carbons (Fsp3) is 0.500. The van der Waals surface area contributed by atoms with Crippen molar-refractivity contribution in [3.8, 4) is 0 Å². The number of aromatic nitrogens is 2. The number of methoxy groups -OCH3 is 1. The van der Waals surface area contributed by atoms with Gasteiger partial charge in [0.2, 0.25) is 0 Å². The first-order valence-corrected chi connectivity index (χ1v) is 8.19. The number of nitrogens with zero attached hydrogens (tertiary/aromatic N) is 2. The van der Waals surface area contributed by atoms with Crippen LogP contribution in [0.2, 0.25) is 0 Å². The van der Waals surface area contributed by atoms with E-state index >= 15 is 0 Å². The molecule has 1 aromatic carbocycles. The fourth-order valence-electron chi connectivity index (χ4n) is 2.09. The number of rotatable bonds is 9. The zero-order valence-corrected chi connectivity index (χ0v) is 13.5. The zero-order valence-electron chi connectivity index (χ0n) is 12.7. The van der Waals surface area contributed by atoms with Crippen LogP contribution >= 0.6 is 11.3 Å². The molecule has 0 bridgehead atoms.